The highest BCUT2D eigenvalue weighted by Gasteiger charge is 2.05. The summed E-state index contributed by atoms with van der Waals surface area (Å²) >= 11 is 5.81. The Bertz CT molecular complexity index is 373. The van der Waals surface area contributed by atoms with Crippen LogP contribution in [0.25, 0.3) is 0 Å². The molecule has 0 aliphatic carbocycles. The lowest BCUT2D eigenvalue weighted by molar-refractivity contribution is 0.232. The molecule has 4 nitrogen and oxygen atoms in total. The van der Waals surface area contributed by atoms with Gasteiger partial charge in [-0.1, -0.05) is 17.5 Å². The molecule has 0 bridgehead atoms. The summed E-state index contributed by atoms with van der Waals surface area (Å²) < 4.78 is 0. The van der Waals surface area contributed by atoms with E-state index in [0.717, 1.165) is 11.4 Å². The van der Waals surface area contributed by atoms with Gasteiger partial charge in [0.1, 0.15) is 6.61 Å². The van der Waals surface area contributed by atoms with E-state index in [4.69, 9.17) is 22.9 Å². The predicted octanol–water partition coefficient (Wildman–Crippen LogP) is 1.72. The highest BCUT2D eigenvalue weighted by atomic mass is 35.5. The van der Waals surface area contributed by atoms with Gasteiger partial charge in [0.05, 0.1) is 11.4 Å². The number of aromatic nitrogens is 2. The number of hydrogen-bond acceptors (Lipinski definition) is 4. The lowest BCUT2D eigenvalue weighted by atomic mass is 10.3. The van der Waals surface area contributed by atoms with Crippen LogP contribution in [-0.4, -0.2) is 16.6 Å². The topological polar surface area (TPSA) is 47.0 Å². The molecule has 0 aromatic carbocycles. The highest BCUT2D eigenvalue weighted by Crippen LogP contribution is 2.17. The smallest absolute Gasteiger partial charge is 0.188 e. The minimum atomic E-state index is 0.144. The molecule has 0 saturated heterocycles. The predicted molar refractivity (Wildman–Crippen MR) is 54.9 cm³/mol. The van der Waals surface area contributed by atoms with Gasteiger partial charge in [-0.05, 0) is 13.8 Å². The van der Waals surface area contributed by atoms with Crippen LogP contribution >= 0.6 is 11.6 Å². The van der Waals surface area contributed by atoms with Crippen molar-refractivity contribution in [3.8, 4) is 12.3 Å². The molecular formula is C9H10ClN3O. The van der Waals surface area contributed by atoms with Crippen LogP contribution in [0.1, 0.15) is 11.4 Å². The normalized spacial score (nSPS) is 9.57. The van der Waals surface area contributed by atoms with E-state index in [9.17, 15) is 0 Å². The molecule has 5 heteroatoms. The molecule has 0 aliphatic rings. The summed E-state index contributed by atoms with van der Waals surface area (Å²) in [6.07, 6.45) is 5.00. The molecule has 1 N–H and O–H groups in total. The van der Waals surface area contributed by atoms with Crippen LogP contribution in [0, 0.1) is 26.2 Å². The van der Waals surface area contributed by atoms with Crippen LogP contribution in [0.4, 0.5) is 5.82 Å². The van der Waals surface area contributed by atoms with Gasteiger partial charge in [-0.25, -0.2) is 15.4 Å². The van der Waals surface area contributed by atoms with Crippen molar-refractivity contribution >= 4 is 17.4 Å². The molecule has 74 valence electrons. The Morgan fingerprint density at radius 1 is 1.43 bits per heavy atom. The van der Waals surface area contributed by atoms with E-state index < -0.39 is 0 Å². The van der Waals surface area contributed by atoms with Crippen molar-refractivity contribution in [2.45, 2.75) is 13.8 Å². The molecule has 0 fully saturated rings. The van der Waals surface area contributed by atoms with E-state index in [2.05, 4.69) is 21.4 Å². The Labute approximate surface area is 87.6 Å². The maximum absolute atomic E-state index is 5.81. The summed E-state index contributed by atoms with van der Waals surface area (Å²) in [4.78, 5) is 13.1. The minimum Gasteiger partial charge on any atom is -0.262 e. The van der Waals surface area contributed by atoms with E-state index in [1.807, 2.05) is 13.8 Å². The summed E-state index contributed by atoms with van der Waals surface area (Å²) in [5, 5.41) is 0.269. The van der Waals surface area contributed by atoms with Crippen LogP contribution in [0.2, 0.25) is 5.15 Å². The fourth-order valence-corrected chi connectivity index (χ4v) is 0.994. The number of rotatable bonds is 3. The fraction of sp³-hybridized carbons (Fsp3) is 0.333. The number of anilines is 1. The van der Waals surface area contributed by atoms with Gasteiger partial charge in [0.15, 0.2) is 11.0 Å². The van der Waals surface area contributed by atoms with Gasteiger partial charge in [0, 0.05) is 0 Å². The molecular weight excluding hydrogens is 202 g/mol. The summed E-state index contributed by atoms with van der Waals surface area (Å²) in [7, 11) is 0. The number of nitrogens with one attached hydrogen (secondary N) is 1. The van der Waals surface area contributed by atoms with Gasteiger partial charge in [-0.3, -0.25) is 4.84 Å². The van der Waals surface area contributed by atoms with Gasteiger partial charge >= 0.3 is 0 Å². The second-order valence-corrected chi connectivity index (χ2v) is 2.99. The van der Waals surface area contributed by atoms with Gasteiger partial charge in [0.25, 0.3) is 0 Å². The molecule has 1 aromatic rings. The van der Waals surface area contributed by atoms with Gasteiger partial charge in [-0.15, -0.1) is 6.42 Å². The fourth-order valence-electron chi connectivity index (χ4n) is 0.787. The largest absolute Gasteiger partial charge is 0.262 e. The van der Waals surface area contributed by atoms with Crippen molar-refractivity contribution in [2.75, 3.05) is 12.1 Å². The van der Waals surface area contributed by atoms with Crippen molar-refractivity contribution in [1.82, 2.24) is 9.97 Å². The summed E-state index contributed by atoms with van der Waals surface area (Å²) in [6.45, 7) is 3.82. The van der Waals surface area contributed by atoms with Crippen LogP contribution in [0.15, 0.2) is 0 Å². The number of terminal acetylenes is 1. The zero-order valence-electron chi connectivity index (χ0n) is 7.97. The Balaban J connectivity index is 2.78. The highest BCUT2D eigenvalue weighted by molar-refractivity contribution is 6.31. The molecule has 0 aliphatic heterocycles. The number of hydrogen-bond donors (Lipinski definition) is 1. The Kier molecular flexibility index (Phi) is 3.69. The lowest BCUT2D eigenvalue weighted by Crippen LogP contribution is -2.06. The third-order valence-corrected chi connectivity index (χ3v) is 1.85. The molecule has 1 rings (SSSR count). The van der Waals surface area contributed by atoms with Crippen molar-refractivity contribution in [3.05, 3.63) is 16.5 Å². The number of nitrogens with zero attached hydrogens (tertiary/aromatic N) is 2. The Morgan fingerprint density at radius 2 is 2.07 bits per heavy atom. The molecule has 0 radical (unpaired) electrons. The summed E-state index contributed by atoms with van der Waals surface area (Å²) in [5.74, 6) is 2.69. The van der Waals surface area contributed by atoms with Crippen molar-refractivity contribution in [2.24, 2.45) is 0 Å². The molecule has 0 atom stereocenters. The SMILES string of the molecule is C#CCONc1nc(C)c(C)nc1Cl. The van der Waals surface area contributed by atoms with E-state index in [1.54, 1.807) is 0 Å². The molecule has 0 spiro atoms. The molecule has 0 saturated carbocycles. The van der Waals surface area contributed by atoms with E-state index >= 15 is 0 Å². The number of halogens is 1. The Hall–Kier alpha value is -1.31. The van der Waals surface area contributed by atoms with Gasteiger partial charge in [0.2, 0.25) is 0 Å². The van der Waals surface area contributed by atoms with Crippen LogP contribution in [0.3, 0.4) is 0 Å². The second kappa shape index (κ2) is 4.80. The standard InChI is InChI=1S/C9H10ClN3O/c1-4-5-14-13-9-8(10)11-6(2)7(3)12-9/h1H,5H2,2-3H3,(H,12,13). The summed E-state index contributed by atoms with van der Waals surface area (Å²) in [6, 6.07) is 0. The van der Waals surface area contributed by atoms with Crippen LogP contribution in [0.5, 0.6) is 0 Å². The second-order valence-electron chi connectivity index (χ2n) is 2.63. The van der Waals surface area contributed by atoms with E-state index in [0.29, 0.717) is 5.82 Å². The van der Waals surface area contributed by atoms with Crippen molar-refractivity contribution in [1.29, 1.82) is 0 Å². The van der Waals surface area contributed by atoms with E-state index in [-0.39, 0.29) is 11.8 Å². The van der Waals surface area contributed by atoms with Crippen LogP contribution < -0.4 is 5.48 Å². The van der Waals surface area contributed by atoms with Crippen molar-refractivity contribution in [3.63, 3.8) is 0 Å². The van der Waals surface area contributed by atoms with Crippen LogP contribution in [-0.2, 0) is 4.84 Å². The maximum atomic E-state index is 5.81. The van der Waals surface area contributed by atoms with Crippen molar-refractivity contribution < 1.29 is 4.84 Å². The maximum Gasteiger partial charge on any atom is 0.188 e. The van der Waals surface area contributed by atoms with Gasteiger partial charge in [-0.2, -0.15) is 0 Å². The first-order chi connectivity index (χ1) is 6.65. The zero-order valence-corrected chi connectivity index (χ0v) is 8.72. The molecule has 1 heterocycles. The molecule has 0 unspecified atom stereocenters. The Morgan fingerprint density at radius 3 is 2.71 bits per heavy atom. The third kappa shape index (κ3) is 2.59. The zero-order chi connectivity index (χ0) is 10.6. The monoisotopic (exact) mass is 211 g/mol. The average molecular weight is 212 g/mol. The first-order valence-corrected chi connectivity index (χ1v) is 4.35. The van der Waals surface area contributed by atoms with Gasteiger partial charge < -0.3 is 0 Å². The molecule has 1 aromatic heterocycles. The minimum absolute atomic E-state index is 0.144. The molecule has 0 amide bonds. The lowest BCUT2D eigenvalue weighted by Gasteiger charge is -2.07. The van der Waals surface area contributed by atoms with E-state index in [1.165, 1.54) is 0 Å². The molecule has 14 heavy (non-hydrogen) atoms. The third-order valence-electron chi connectivity index (χ3n) is 1.59. The quantitative estimate of drug-likeness (QED) is 0.470. The number of aryl methyl sites for hydroxylation is 2. The first kappa shape index (κ1) is 10.8. The first-order valence-electron chi connectivity index (χ1n) is 3.97. The summed E-state index contributed by atoms with van der Waals surface area (Å²) in [5.41, 5.74) is 4.12. The average Bonchev–Trinajstić information content (AvgIpc) is 2.14.